The van der Waals surface area contributed by atoms with Crippen molar-refractivity contribution in [2.45, 2.75) is 26.9 Å². The fourth-order valence-electron chi connectivity index (χ4n) is 3.08. The largest absolute Gasteiger partial charge is 0.329 e. The summed E-state index contributed by atoms with van der Waals surface area (Å²) >= 11 is 0. The fraction of sp³-hybridized carbons (Fsp3) is 0.263. The van der Waals surface area contributed by atoms with Crippen molar-refractivity contribution in [2.24, 2.45) is 0 Å². The highest BCUT2D eigenvalue weighted by Crippen LogP contribution is 2.17. The Kier molecular flexibility index (Phi) is 4.70. The number of imidazole rings is 1. The van der Waals surface area contributed by atoms with Gasteiger partial charge >= 0.3 is 5.69 Å². The van der Waals surface area contributed by atoms with E-state index >= 15 is 0 Å². The summed E-state index contributed by atoms with van der Waals surface area (Å²) in [5.74, 6) is -0.565. The van der Waals surface area contributed by atoms with Crippen molar-refractivity contribution in [3.8, 4) is 0 Å². The Balaban J connectivity index is 1.97. The van der Waals surface area contributed by atoms with Gasteiger partial charge in [-0.05, 0) is 50.2 Å². The van der Waals surface area contributed by atoms with Crippen LogP contribution >= 0.6 is 0 Å². The lowest BCUT2D eigenvalue weighted by atomic mass is 10.2. The predicted molar refractivity (Wildman–Crippen MR) is 96.3 cm³/mol. The van der Waals surface area contributed by atoms with Crippen LogP contribution in [0.25, 0.3) is 11.0 Å². The molecule has 0 aliphatic rings. The van der Waals surface area contributed by atoms with Gasteiger partial charge in [-0.1, -0.05) is 12.1 Å². The summed E-state index contributed by atoms with van der Waals surface area (Å²) in [6.45, 7) is 4.66. The van der Waals surface area contributed by atoms with E-state index in [1.54, 1.807) is 21.6 Å². The highest BCUT2D eigenvalue weighted by Gasteiger charge is 2.19. The van der Waals surface area contributed by atoms with E-state index in [-0.39, 0.29) is 24.0 Å². The maximum absolute atomic E-state index is 13.1. The molecule has 5 nitrogen and oxygen atoms in total. The highest BCUT2D eigenvalue weighted by molar-refractivity contribution is 5.94. The number of para-hydroxylation sites is 2. The summed E-state index contributed by atoms with van der Waals surface area (Å²) in [6, 6.07) is 13.2. The molecule has 0 saturated heterocycles. The van der Waals surface area contributed by atoms with Crippen LogP contribution in [-0.2, 0) is 17.9 Å². The summed E-state index contributed by atoms with van der Waals surface area (Å²) in [5.41, 5.74) is 1.96. The van der Waals surface area contributed by atoms with Crippen LogP contribution in [0.4, 0.5) is 10.1 Å². The van der Waals surface area contributed by atoms with Crippen molar-refractivity contribution in [3.63, 3.8) is 0 Å². The number of carbonyl (C=O) groups is 1. The molecule has 0 bridgehead atoms. The van der Waals surface area contributed by atoms with E-state index in [1.165, 1.54) is 16.7 Å². The third-order valence-corrected chi connectivity index (χ3v) is 4.29. The van der Waals surface area contributed by atoms with Gasteiger partial charge in [0, 0.05) is 18.8 Å². The SMILES string of the molecule is CCN(C(=O)Cn1c(=O)n(CC)c2ccccc21)c1ccc(F)cc1. The average Bonchev–Trinajstić information content (AvgIpc) is 2.89. The van der Waals surface area contributed by atoms with Gasteiger partial charge in [0.15, 0.2) is 0 Å². The molecule has 0 aliphatic heterocycles. The molecule has 0 fully saturated rings. The van der Waals surface area contributed by atoms with E-state index < -0.39 is 0 Å². The number of aryl methyl sites for hydroxylation is 1. The number of amides is 1. The minimum absolute atomic E-state index is 0.0580. The minimum atomic E-state index is -0.352. The maximum atomic E-state index is 13.1. The van der Waals surface area contributed by atoms with E-state index in [9.17, 15) is 14.0 Å². The molecule has 3 rings (SSSR count). The van der Waals surface area contributed by atoms with E-state index in [0.29, 0.717) is 18.8 Å². The topological polar surface area (TPSA) is 47.2 Å². The first kappa shape index (κ1) is 17.0. The minimum Gasteiger partial charge on any atom is -0.311 e. The van der Waals surface area contributed by atoms with Crippen LogP contribution in [0.15, 0.2) is 53.3 Å². The first-order chi connectivity index (χ1) is 12.1. The molecule has 2 aromatic carbocycles. The molecule has 1 aromatic heterocycles. The fourth-order valence-corrected chi connectivity index (χ4v) is 3.08. The lowest BCUT2D eigenvalue weighted by molar-refractivity contribution is -0.119. The third kappa shape index (κ3) is 3.07. The van der Waals surface area contributed by atoms with Crippen molar-refractivity contribution in [2.75, 3.05) is 11.4 Å². The zero-order chi connectivity index (χ0) is 18.0. The Morgan fingerprint density at radius 3 is 2.16 bits per heavy atom. The van der Waals surface area contributed by atoms with E-state index in [1.807, 2.05) is 38.1 Å². The summed E-state index contributed by atoms with van der Waals surface area (Å²) in [5, 5.41) is 0. The standard InChI is InChI=1S/C19H20FN3O2/c1-3-21(15-11-9-14(20)10-12-15)18(24)13-23-17-8-6-5-7-16(17)22(4-2)19(23)25/h5-12H,3-4,13H2,1-2H3. The van der Waals surface area contributed by atoms with E-state index in [4.69, 9.17) is 0 Å². The number of carbonyl (C=O) groups excluding carboxylic acids is 1. The van der Waals surface area contributed by atoms with Crippen LogP contribution in [0, 0.1) is 5.82 Å². The van der Waals surface area contributed by atoms with Gasteiger partial charge in [-0.3, -0.25) is 13.9 Å². The van der Waals surface area contributed by atoms with Crippen LogP contribution in [0.2, 0.25) is 0 Å². The molecule has 0 unspecified atom stereocenters. The molecule has 0 saturated carbocycles. The number of hydrogen-bond donors (Lipinski definition) is 0. The average molecular weight is 341 g/mol. The van der Waals surface area contributed by atoms with Crippen LogP contribution in [-0.4, -0.2) is 21.6 Å². The van der Waals surface area contributed by atoms with Gasteiger partial charge in [0.05, 0.1) is 11.0 Å². The van der Waals surface area contributed by atoms with Crippen LogP contribution in [0.5, 0.6) is 0 Å². The molecule has 25 heavy (non-hydrogen) atoms. The van der Waals surface area contributed by atoms with Crippen LogP contribution < -0.4 is 10.6 Å². The summed E-state index contributed by atoms with van der Waals surface area (Å²) in [7, 11) is 0. The van der Waals surface area contributed by atoms with Crippen LogP contribution in [0.1, 0.15) is 13.8 Å². The van der Waals surface area contributed by atoms with Crippen molar-refractivity contribution >= 4 is 22.6 Å². The van der Waals surface area contributed by atoms with Gasteiger partial charge in [-0.2, -0.15) is 0 Å². The first-order valence-electron chi connectivity index (χ1n) is 8.30. The molecule has 0 spiro atoms. The third-order valence-electron chi connectivity index (χ3n) is 4.29. The molecule has 0 N–H and O–H groups in total. The Morgan fingerprint density at radius 2 is 1.60 bits per heavy atom. The Bertz CT molecular complexity index is 957. The Morgan fingerprint density at radius 1 is 1.00 bits per heavy atom. The molecule has 6 heteroatoms. The number of aromatic nitrogens is 2. The smallest absolute Gasteiger partial charge is 0.311 e. The van der Waals surface area contributed by atoms with Crippen molar-refractivity contribution < 1.29 is 9.18 Å². The number of likely N-dealkylation sites (N-methyl/N-ethyl adjacent to an activating group) is 1. The van der Waals surface area contributed by atoms with Gasteiger partial charge < -0.3 is 4.90 Å². The first-order valence-corrected chi connectivity index (χ1v) is 8.30. The maximum Gasteiger partial charge on any atom is 0.329 e. The van der Waals surface area contributed by atoms with Gasteiger partial charge in [-0.25, -0.2) is 9.18 Å². The highest BCUT2D eigenvalue weighted by atomic mass is 19.1. The monoisotopic (exact) mass is 341 g/mol. The summed E-state index contributed by atoms with van der Waals surface area (Å²) in [4.78, 5) is 27.0. The van der Waals surface area contributed by atoms with Gasteiger partial charge in [0.2, 0.25) is 5.91 Å². The van der Waals surface area contributed by atoms with Gasteiger partial charge in [-0.15, -0.1) is 0 Å². The molecule has 1 heterocycles. The number of halogens is 1. The predicted octanol–water partition coefficient (Wildman–Crippen LogP) is 3.02. The number of anilines is 1. The molecular formula is C19H20FN3O2. The number of fused-ring (bicyclic) bond motifs is 1. The number of benzene rings is 2. The molecule has 0 atom stereocenters. The van der Waals surface area contributed by atoms with Gasteiger partial charge in [0.1, 0.15) is 12.4 Å². The molecule has 3 aromatic rings. The van der Waals surface area contributed by atoms with Crippen molar-refractivity contribution in [1.29, 1.82) is 0 Å². The zero-order valence-corrected chi connectivity index (χ0v) is 14.3. The summed E-state index contributed by atoms with van der Waals surface area (Å²) in [6.07, 6.45) is 0. The number of hydrogen-bond acceptors (Lipinski definition) is 2. The molecule has 1 amide bonds. The lowest BCUT2D eigenvalue weighted by Gasteiger charge is -2.21. The van der Waals surface area contributed by atoms with Crippen molar-refractivity contribution in [1.82, 2.24) is 9.13 Å². The molecular weight excluding hydrogens is 321 g/mol. The van der Waals surface area contributed by atoms with E-state index in [2.05, 4.69) is 0 Å². The van der Waals surface area contributed by atoms with Crippen molar-refractivity contribution in [3.05, 3.63) is 64.8 Å². The second kappa shape index (κ2) is 6.93. The molecule has 0 aliphatic carbocycles. The lowest BCUT2D eigenvalue weighted by Crippen LogP contribution is -2.36. The Hall–Kier alpha value is -2.89. The number of rotatable bonds is 5. The normalized spacial score (nSPS) is 11.0. The molecule has 130 valence electrons. The summed E-state index contributed by atoms with van der Waals surface area (Å²) < 4.78 is 16.3. The second-order valence-corrected chi connectivity index (χ2v) is 5.72. The van der Waals surface area contributed by atoms with Gasteiger partial charge in [0.25, 0.3) is 0 Å². The van der Waals surface area contributed by atoms with Crippen LogP contribution in [0.3, 0.4) is 0 Å². The zero-order valence-electron chi connectivity index (χ0n) is 14.3. The second-order valence-electron chi connectivity index (χ2n) is 5.72. The quantitative estimate of drug-likeness (QED) is 0.716. The van der Waals surface area contributed by atoms with E-state index in [0.717, 1.165) is 11.0 Å². The Labute approximate surface area is 144 Å². The number of nitrogens with zero attached hydrogens (tertiary/aromatic N) is 3. The molecule has 0 radical (unpaired) electrons.